The molecule has 1 aromatic heterocycles. The number of thioether (sulfide) groups is 1. The highest BCUT2D eigenvalue weighted by Crippen LogP contribution is 2.28. The summed E-state index contributed by atoms with van der Waals surface area (Å²) in [6.45, 7) is 0. The fourth-order valence-electron chi connectivity index (χ4n) is 2.37. The van der Waals surface area contributed by atoms with Crippen molar-refractivity contribution in [2.24, 2.45) is 0 Å². The van der Waals surface area contributed by atoms with Crippen LogP contribution in [-0.2, 0) is 10.0 Å². The molecule has 1 aliphatic rings. The summed E-state index contributed by atoms with van der Waals surface area (Å²) in [7, 11) is -1.86. The van der Waals surface area contributed by atoms with Crippen LogP contribution in [0.25, 0.3) is 0 Å². The van der Waals surface area contributed by atoms with Gasteiger partial charge in [0.25, 0.3) is 0 Å². The van der Waals surface area contributed by atoms with Gasteiger partial charge in [0.1, 0.15) is 4.90 Å². The maximum Gasteiger partial charge on any atom is 0.243 e. The minimum atomic E-state index is -3.54. The second-order valence-electron chi connectivity index (χ2n) is 4.78. The first kappa shape index (κ1) is 15.5. The topological polar surface area (TPSA) is 84.0 Å². The van der Waals surface area contributed by atoms with Gasteiger partial charge >= 0.3 is 0 Å². The number of nitrogens with one attached hydrogen (secondary N) is 2. The monoisotopic (exact) mass is 316 g/mol. The van der Waals surface area contributed by atoms with Gasteiger partial charge in [-0.3, -0.25) is 0 Å². The Bertz CT molecular complexity index is 533. The van der Waals surface area contributed by atoms with Crippen molar-refractivity contribution in [3.05, 3.63) is 12.4 Å². The van der Waals surface area contributed by atoms with Gasteiger partial charge in [-0.15, -0.1) is 0 Å². The lowest BCUT2D eigenvalue weighted by molar-refractivity contribution is 0.423. The quantitative estimate of drug-likeness (QED) is 0.856. The lowest BCUT2D eigenvalue weighted by Crippen LogP contribution is -2.43. The third-order valence-corrected chi connectivity index (χ3v) is 6.09. The van der Waals surface area contributed by atoms with Crippen LogP contribution in [0.1, 0.15) is 25.7 Å². The standard InChI is InChI=1S/C12H20N4O2S2/c1-13-12-14-7-9(8-15-12)20(17,18)16-10-5-3-4-6-11(10)19-2/h7-8,10-11,16H,3-6H2,1-2H3,(H,13,14,15). The van der Waals surface area contributed by atoms with Crippen LogP contribution >= 0.6 is 11.8 Å². The average Bonchev–Trinajstić information content (AvgIpc) is 2.47. The molecule has 20 heavy (non-hydrogen) atoms. The van der Waals surface area contributed by atoms with Crippen LogP contribution in [0.2, 0.25) is 0 Å². The highest BCUT2D eigenvalue weighted by atomic mass is 32.2. The van der Waals surface area contributed by atoms with Gasteiger partial charge < -0.3 is 5.32 Å². The van der Waals surface area contributed by atoms with E-state index in [1.54, 1.807) is 18.8 Å². The van der Waals surface area contributed by atoms with E-state index in [1.165, 1.54) is 18.8 Å². The zero-order valence-electron chi connectivity index (χ0n) is 11.7. The number of sulfonamides is 1. The van der Waals surface area contributed by atoms with Crippen molar-refractivity contribution in [2.75, 3.05) is 18.6 Å². The summed E-state index contributed by atoms with van der Waals surface area (Å²) < 4.78 is 27.5. The third-order valence-electron chi connectivity index (χ3n) is 3.47. The molecule has 1 saturated carbocycles. The van der Waals surface area contributed by atoms with Crippen molar-refractivity contribution >= 4 is 27.7 Å². The molecule has 1 heterocycles. The molecule has 112 valence electrons. The molecule has 0 amide bonds. The Morgan fingerprint density at radius 2 is 1.90 bits per heavy atom. The second-order valence-corrected chi connectivity index (χ2v) is 7.57. The van der Waals surface area contributed by atoms with Gasteiger partial charge in [-0.2, -0.15) is 11.8 Å². The molecule has 1 fully saturated rings. The zero-order valence-corrected chi connectivity index (χ0v) is 13.3. The van der Waals surface area contributed by atoms with E-state index >= 15 is 0 Å². The fraction of sp³-hybridized carbons (Fsp3) is 0.667. The van der Waals surface area contributed by atoms with Crippen molar-refractivity contribution < 1.29 is 8.42 Å². The molecule has 0 aliphatic heterocycles. The number of nitrogens with zero attached hydrogens (tertiary/aromatic N) is 2. The molecule has 0 radical (unpaired) electrons. The smallest absolute Gasteiger partial charge is 0.243 e. The molecular weight excluding hydrogens is 296 g/mol. The summed E-state index contributed by atoms with van der Waals surface area (Å²) in [5.74, 6) is 0.406. The van der Waals surface area contributed by atoms with Gasteiger partial charge in [-0.1, -0.05) is 12.8 Å². The van der Waals surface area contributed by atoms with E-state index in [9.17, 15) is 8.42 Å². The largest absolute Gasteiger partial charge is 0.357 e. The summed E-state index contributed by atoms with van der Waals surface area (Å²) >= 11 is 1.73. The highest BCUT2D eigenvalue weighted by Gasteiger charge is 2.29. The molecule has 0 spiro atoms. The Balaban J connectivity index is 2.12. The Hall–Kier alpha value is -0.860. The molecule has 8 heteroatoms. The minimum Gasteiger partial charge on any atom is -0.357 e. The molecule has 0 bridgehead atoms. The van der Waals surface area contributed by atoms with Crippen LogP contribution in [0.5, 0.6) is 0 Å². The first-order chi connectivity index (χ1) is 9.56. The minimum absolute atomic E-state index is 0.00673. The number of rotatable bonds is 5. The van der Waals surface area contributed by atoms with E-state index in [0.29, 0.717) is 11.2 Å². The van der Waals surface area contributed by atoms with Gasteiger partial charge in [0, 0.05) is 18.3 Å². The first-order valence-electron chi connectivity index (χ1n) is 6.61. The van der Waals surface area contributed by atoms with E-state index in [2.05, 4.69) is 20.0 Å². The molecule has 1 aromatic rings. The molecule has 2 atom stereocenters. The van der Waals surface area contributed by atoms with Gasteiger partial charge in [-0.25, -0.2) is 23.1 Å². The Morgan fingerprint density at radius 3 is 2.50 bits per heavy atom. The van der Waals surface area contributed by atoms with Crippen molar-refractivity contribution in [2.45, 2.75) is 41.9 Å². The molecule has 2 rings (SSSR count). The number of aromatic nitrogens is 2. The van der Waals surface area contributed by atoms with Crippen LogP contribution < -0.4 is 10.0 Å². The molecule has 2 N–H and O–H groups in total. The molecule has 6 nitrogen and oxygen atoms in total. The average molecular weight is 316 g/mol. The summed E-state index contributed by atoms with van der Waals surface area (Å²) in [6.07, 6.45) is 8.88. The van der Waals surface area contributed by atoms with Crippen molar-refractivity contribution in [3.8, 4) is 0 Å². The molecule has 0 saturated heterocycles. The number of hydrogen-bond acceptors (Lipinski definition) is 6. The van der Waals surface area contributed by atoms with Crippen LogP contribution in [0.15, 0.2) is 17.3 Å². The predicted octanol–water partition coefficient (Wildman–Crippen LogP) is 1.47. The highest BCUT2D eigenvalue weighted by molar-refractivity contribution is 7.99. The van der Waals surface area contributed by atoms with Gasteiger partial charge in [0.05, 0.1) is 12.4 Å². The second kappa shape index (κ2) is 6.73. The Morgan fingerprint density at radius 1 is 1.25 bits per heavy atom. The zero-order chi connectivity index (χ0) is 14.6. The normalized spacial score (nSPS) is 23.5. The maximum atomic E-state index is 12.3. The van der Waals surface area contributed by atoms with Crippen LogP contribution in [-0.4, -0.2) is 43.0 Å². The Kier molecular flexibility index (Phi) is 5.22. The van der Waals surface area contributed by atoms with Crippen molar-refractivity contribution in [1.29, 1.82) is 0 Å². The molecule has 0 aromatic carbocycles. The van der Waals surface area contributed by atoms with Crippen molar-refractivity contribution in [3.63, 3.8) is 0 Å². The maximum absolute atomic E-state index is 12.3. The van der Waals surface area contributed by atoms with Gasteiger partial charge in [-0.05, 0) is 19.1 Å². The lowest BCUT2D eigenvalue weighted by atomic mass is 9.96. The van der Waals surface area contributed by atoms with Gasteiger partial charge in [0.15, 0.2) is 0 Å². The SMILES string of the molecule is CNc1ncc(S(=O)(=O)NC2CCCCC2SC)cn1. The van der Waals surface area contributed by atoms with Crippen LogP contribution in [0, 0.1) is 0 Å². The van der Waals surface area contributed by atoms with E-state index in [4.69, 9.17) is 0 Å². The summed E-state index contributed by atoms with van der Waals surface area (Å²) in [5.41, 5.74) is 0. The van der Waals surface area contributed by atoms with E-state index in [0.717, 1.165) is 19.3 Å². The number of anilines is 1. The molecular formula is C12H20N4O2S2. The van der Waals surface area contributed by atoms with Crippen LogP contribution in [0.4, 0.5) is 5.95 Å². The Labute approximate surface area is 124 Å². The van der Waals surface area contributed by atoms with Gasteiger partial charge in [0.2, 0.25) is 16.0 Å². The third kappa shape index (κ3) is 3.62. The summed E-state index contributed by atoms with van der Waals surface area (Å²) in [5, 5.41) is 3.11. The first-order valence-corrected chi connectivity index (χ1v) is 9.39. The summed E-state index contributed by atoms with van der Waals surface area (Å²) in [4.78, 5) is 8.01. The molecule has 2 unspecified atom stereocenters. The van der Waals surface area contributed by atoms with E-state index < -0.39 is 10.0 Å². The van der Waals surface area contributed by atoms with Crippen LogP contribution in [0.3, 0.4) is 0 Å². The lowest BCUT2D eigenvalue weighted by Gasteiger charge is -2.30. The molecule has 1 aliphatic carbocycles. The number of hydrogen-bond donors (Lipinski definition) is 2. The van der Waals surface area contributed by atoms with E-state index in [1.807, 2.05) is 6.26 Å². The summed E-state index contributed by atoms with van der Waals surface area (Å²) in [6, 6.07) is -0.00673. The van der Waals surface area contributed by atoms with E-state index in [-0.39, 0.29) is 10.9 Å². The fourth-order valence-corrected chi connectivity index (χ4v) is 4.59. The van der Waals surface area contributed by atoms with Crippen molar-refractivity contribution in [1.82, 2.24) is 14.7 Å². The predicted molar refractivity (Wildman–Crippen MR) is 81.5 cm³/mol.